The van der Waals surface area contributed by atoms with Gasteiger partial charge < -0.3 is 9.72 Å². The second-order valence-electron chi connectivity index (χ2n) is 2.64. The van der Waals surface area contributed by atoms with Gasteiger partial charge >= 0.3 is 0 Å². The van der Waals surface area contributed by atoms with Crippen molar-refractivity contribution in [3.63, 3.8) is 0 Å². The number of hydrogen-bond acceptors (Lipinski definition) is 2. The van der Waals surface area contributed by atoms with Crippen LogP contribution in [0.15, 0.2) is 22.7 Å². The molecule has 0 fully saturated rings. The van der Waals surface area contributed by atoms with Gasteiger partial charge in [0.15, 0.2) is 0 Å². The number of aromatic amines is 1. The summed E-state index contributed by atoms with van der Waals surface area (Å²) in [4.78, 5) is 7.32. The Balaban J connectivity index is 2.49. The van der Waals surface area contributed by atoms with Crippen LogP contribution in [0.5, 0.6) is 6.01 Å². The average Bonchev–Trinajstić information content (AvgIpc) is 2.46. The van der Waals surface area contributed by atoms with Crippen LogP contribution in [0.3, 0.4) is 0 Å². The summed E-state index contributed by atoms with van der Waals surface area (Å²) >= 11 is 3.39. The molecule has 1 aromatic carbocycles. The van der Waals surface area contributed by atoms with Crippen LogP contribution in [-0.2, 0) is 0 Å². The van der Waals surface area contributed by atoms with E-state index in [1.54, 1.807) is 0 Å². The molecule has 0 aliphatic carbocycles. The van der Waals surface area contributed by atoms with Gasteiger partial charge in [-0.2, -0.15) is 4.98 Å². The summed E-state index contributed by atoms with van der Waals surface area (Å²) in [5, 5.41) is 0. The minimum atomic E-state index is 0.579. The zero-order chi connectivity index (χ0) is 9.26. The summed E-state index contributed by atoms with van der Waals surface area (Å²) in [5.74, 6) is 0. The number of fused-ring (bicyclic) bond motifs is 1. The summed E-state index contributed by atoms with van der Waals surface area (Å²) in [7, 11) is 0. The third kappa shape index (κ3) is 1.67. The van der Waals surface area contributed by atoms with E-state index in [1.165, 1.54) is 0 Å². The third-order valence-electron chi connectivity index (χ3n) is 1.70. The van der Waals surface area contributed by atoms with Crippen LogP contribution in [0.2, 0.25) is 0 Å². The van der Waals surface area contributed by atoms with Gasteiger partial charge in [-0.05, 0) is 25.1 Å². The number of nitrogens with one attached hydrogen (secondary N) is 1. The van der Waals surface area contributed by atoms with Crippen molar-refractivity contribution in [1.29, 1.82) is 0 Å². The number of halogens is 1. The van der Waals surface area contributed by atoms with Gasteiger partial charge in [-0.25, -0.2) is 0 Å². The lowest BCUT2D eigenvalue weighted by atomic mass is 10.3. The molecule has 0 spiro atoms. The predicted molar refractivity (Wildman–Crippen MR) is 55.0 cm³/mol. The first-order valence-electron chi connectivity index (χ1n) is 4.07. The molecule has 0 aliphatic heterocycles. The van der Waals surface area contributed by atoms with E-state index in [0.29, 0.717) is 12.6 Å². The number of aromatic nitrogens is 2. The molecule has 1 heterocycles. The Labute approximate surface area is 84.3 Å². The van der Waals surface area contributed by atoms with Gasteiger partial charge in [0.25, 0.3) is 6.01 Å². The van der Waals surface area contributed by atoms with Crippen LogP contribution in [0.4, 0.5) is 0 Å². The minimum absolute atomic E-state index is 0.579. The molecule has 0 saturated heterocycles. The van der Waals surface area contributed by atoms with Gasteiger partial charge in [-0.1, -0.05) is 15.9 Å². The highest BCUT2D eigenvalue weighted by Crippen LogP contribution is 2.20. The molecule has 0 amide bonds. The molecular weight excluding hydrogens is 232 g/mol. The Kier molecular flexibility index (Phi) is 2.22. The fraction of sp³-hybridized carbons (Fsp3) is 0.222. The molecule has 2 aromatic rings. The Morgan fingerprint density at radius 2 is 2.38 bits per heavy atom. The molecule has 0 aliphatic rings. The zero-order valence-electron chi connectivity index (χ0n) is 7.17. The summed E-state index contributed by atoms with van der Waals surface area (Å²) < 4.78 is 6.28. The van der Waals surface area contributed by atoms with Crippen molar-refractivity contribution in [3.8, 4) is 6.01 Å². The first-order chi connectivity index (χ1) is 6.29. The van der Waals surface area contributed by atoms with Crippen molar-refractivity contribution in [2.45, 2.75) is 6.92 Å². The standard InChI is InChI=1S/C9H9BrN2O/c1-2-13-9-11-7-4-3-6(10)5-8(7)12-9/h3-5H,2H2,1H3,(H,11,12). The largest absolute Gasteiger partial charge is 0.465 e. The van der Waals surface area contributed by atoms with E-state index in [-0.39, 0.29) is 0 Å². The molecular formula is C9H9BrN2O. The highest BCUT2D eigenvalue weighted by atomic mass is 79.9. The number of nitrogens with zero attached hydrogens (tertiary/aromatic N) is 1. The minimum Gasteiger partial charge on any atom is -0.465 e. The lowest BCUT2D eigenvalue weighted by Crippen LogP contribution is -1.92. The number of rotatable bonds is 2. The van der Waals surface area contributed by atoms with Gasteiger partial charge in [-0.3, -0.25) is 0 Å². The predicted octanol–water partition coefficient (Wildman–Crippen LogP) is 2.72. The molecule has 4 heteroatoms. The summed E-state index contributed by atoms with van der Waals surface area (Å²) in [6.45, 7) is 2.56. The zero-order valence-corrected chi connectivity index (χ0v) is 8.76. The summed E-state index contributed by atoms with van der Waals surface area (Å²) in [5.41, 5.74) is 1.91. The van der Waals surface area contributed by atoms with Crippen LogP contribution >= 0.6 is 15.9 Å². The van der Waals surface area contributed by atoms with Crippen molar-refractivity contribution in [1.82, 2.24) is 9.97 Å². The lowest BCUT2D eigenvalue weighted by Gasteiger charge is -1.93. The maximum Gasteiger partial charge on any atom is 0.294 e. The Morgan fingerprint density at radius 1 is 1.54 bits per heavy atom. The highest BCUT2D eigenvalue weighted by Gasteiger charge is 2.02. The van der Waals surface area contributed by atoms with Crippen molar-refractivity contribution >= 4 is 27.0 Å². The van der Waals surface area contributed by atoms with Crippen LogP contribution in [0.25, 0.3) is 11.0 Å². The Bertz CT molecular complexity index is 424. The van der Waals surface area contributed by atoms with E-state index < -0.39 is 0 Å². The SMILES string of the molecule is CCOc1nc2ccc(Br)cc2[nH]1. The van der Waals surface area contributed by atoms with Gasteiger partial charge in [0.1, 0.15) is 0 Å². The molecule has 0 atom stereocenters. The summed E-state index contributed by atoms with van der Waals surface area (Å²) in [6.07, 6.45) is 0. The van der Waals surface area contributed by atoms with Gasteiger partial charge in [0.2, 0.25) is 0 Å². The molecule has 0 radical (unpaired) electrons. The second-order valence-corrected chi connectivity index (χ2v) is 3.55. The first kappa shape index (κ1) is 8.56. The lowest BCUT2D eigenvalue weighted by molar-refractivity contribution is 0.317. The number of ether oxygens (including phenoxy) is 1. The quantitative estimate of drug-likeness (QED) is 0.877. The van der Waals surface area contributed by atoms with Crippen LogP contribution in [-0.4, -0.2) is 16.6 Å². The molecule has 1 aromatic heterocycles. The van der Waals surface area contributed by atoms with E-state index >= 15 is 0 Å². The van der Waals surface area contributed by atoms with E-state index in [4.69, 9.17) is 4.74 Å². The van der Waals surface area contributed by atoms with Crippen molar-refractivity contribution < 1.29 is 4.74 Å². The Morgan fingerprint density at radius 3 is 3.15 bits per heavy atom. The molecule has 68 valence electrons. The topological polar surface area (TPSA) is 37.9 Å². The second kappa shape index (κ2) is 3.38. The van der Waals surface area contributed by atoms with E-state index in [0.717, 1.165) is 15.5 Å². The van der Waals surface area contributed by atoms with E-state index in [9.17, 15) is 0 Å². The van der Waals surface area contributed by atoms with E-state index in [1.807, 2.05) is 25.1 Å². The van der Waals surface area contributed by atoms with Gasteiger partial charge in [0.05, 0.1) is 17.6 Å². The smallest absolute Gasteiger partial charge is 0.294 e. The number of imidazole rings is 1. The number of H-pyrrole nitrogens is 1. The third-order valence-corrected chi connectivity index (χ3v) is 2.20. The number of benzene rings is 1. The van der Waals surface area contributed by atoms with Gasteiger partial charge in [-0.15, -0.1) is 0 Å². The molecule has 2 rings (SSSR count). The van der Waals surface area contributed by atoms with Crippen LogP contribution in [0, 0.1) is 0 Å². The molecule has 13 heavy (non-hydrogen) atoms. The fourth-order valence-electron chi connectivity index (χ4n) is 1.16. The van der Waals surface area contributed by atoms with E-state index in [2.05, 4.69) is 25.9 Å². The monoisotopic (exact) mass is 240 g/mol. The van der Waals surface area contributed by atoms with Crippen molar-refractivity contribution in [2.24, 2.45) is 0 Å². The fourth-order valence-corrected chi connectivity index (χ4v) is 1.52. The Hall–Kier alpha value is -1.03. The molecule has 0 saturated carbocycles. The highest BCUT2D eigenvalue weighted by molar-refractivity contribution is 9.10. The normalized spacial score (nSPS) is 10.6. The maximum absolute atomic E-state index is 5.25. The first-order valence-corrected chi connectivity index (χ1v) is 4.87. The van der Waals surface area contributed by atoms with Crippen LogP contribution < -0.4 is 4.74 Å². The maximum atomic E-state index is 5.25. The molecule has 3 nitrogen and oxygen atoms in total. The molecule has 1 N–H and O–H groups in total. The van der Waals surface area contributed by atoms with Gasteiger partial charge in [0, 0.05) is 4.47 Å². The van der Waals surface area contributed by atoms with Crippen LogP contribution in [0.1, 0.15) is 6.92 Å². The summed E-state index contributed by atoms with van der Waals surface area (Å²) in [6, 6.07) is 6.46. The molecule has 0 unspecified atom stereocenters. The van der Waals surface area contributed by atoms with Crippen molar-refractivity contribution in [3.05, 3.63) is 22.7 Å². The molecule has 0 bridgehead atoms. The number of hydrogen-bond donors (Lipinski definition) is 1. The average molecular weight is 241 g/mol. The van der Waals surface area contributed by atoms with Crippen molar-refractivity contribution in [2.75, 3.05) is 6.61 Å².